The highest BCUT2D eigenvalue weighted by Crippen LogP contribution is 2.22. The van der Waals surface area contributed by atoms with Crippen LogP contribution in [0.25, 0.3) is 0 Å². The summed E-state index contributed by atoms with van der Waals surface area (Å²) in [5, 5.41) is 3.09. The minimum absolute atomic E-state index is 0.102. The van der Waals surface area contributed by atoms with Gasteiger partial charge in [-0.15, -0.1) is 0 Å². The quantitative estimate of drug-likeness (QED) is 0.848. The van der Waals surface area contributed by atoms with Gasteiger partial charge in [0.1, 0.15) is 5.82 Å². The van der Waals surface area contributed by atoms with Gasteiger partial charge in [-0.25, -0.2) is 4.39 Å². The van der Waals surface area contributed by atoms with E-state index in [-0.39, 0.29) is 11.7 Å². The van der Waals surface area contributed by atoms with Crippen molar-refractivity contribution in [3.05, 3.63) is 28.5 Å². The molecule has 0 aromatic heterocycles. The molecule has 1 rings (SSSR count). The predicted octanol–water partition coefficient (Wildman–Crippen LogP) is 2.87. The molecule has 1 aromatic rings. The van der Waals surface area contributed by atoms with E-state index in [0.717, 1.165) is 10.9 Å². The van der Waals surface area contributed by atoms with Crippen molar-refractivity contribution >= 4 is 27.5 Å². The van der Waals surface area contributed by atoms with Gasteiger partial charge in [-0.1, -0.05) is 0 Å². The summed E-state index contributed by atoms with van der Waals surface area (Å²) in [6.07, 6.45) is 1.22. The lowest BCUT2D eigenvalue weighted by Crippen LogP contribution is -2.22. The molecule has 0 spiro atoms. The maximum Gasteiger partial charge on any atom is 0.222 e. The minimum Gasteiger partial charge on any atom is -0.384 e. The molecule has 17 heavy (non-hydrogen) atoms. The standard InChI is InChI=1S/C12H16BrFN2O/c1-16(2)12(17)4-3-7-15-11-8-9(14)5-6-10(11)13/h5-6,8,15H,3-4,7H2,1-2H3. The monoisotopic (exact) mass is 302 g/mol. The van der Waals surface area contributed by atoms with Crippen molar-refractivity contribution in [1.82, 2.24) is 4.90 Å². The summed E-state index contributed by atoms with van der Waals surface area (Å²) < 4.78 is 13.8. The normalized spacial score (nSPS) is 10.1. The zero-order valence-corrected chi connectivity index (χ0v) is 11.6. The van der Waals surface area contributed by atoms with Crippen LogP contribution in [0, 0.1) is 5.82 Å². The van der Waals surface area contributed by atoms with Gasteiger partial charge in [0.2, 0.25) is 5.91 Å². The van der Waals surface area contributed by atoms with Gasteiger partial charge in [-0.3, -0.25) is 4.79 Å². The third-order valence-electron chi connectivity index (χ3n) is 2.31. The average molecular weight is 303 g/mol. The highest BCUT2D eigenvalue weighted by Gasteiger charge is 2.04. The molecule has 3 nitrogen and oxygen atoms in total. The van der Waals surface area contributed by atoms with Crippen molar-refractivity contribution < 1.29 is 9.18 Å². The highest BCUT2D eigenvalue weighted by atomic mass is 79.9. The number of amides is 1. The Hall–Kier alpha value is -1.10. The third-order valence-corrected chi connectivity index (χ3v) is 3.00. The summed E-state index contributed by atoms with van der Waals surface area (Å²) in [4.78, 5) is 12.9. The number of rotatable bonds is 5. The van der Waals surface area contributed by atoms with Gasteiger partial charge >= 0.3 is 0 Å². The smallest absolute Gasteiger partial charge is 0.222 e. The number of benzene rings is 1. The van der Waals surface area contributed by atoms with Crippen LogP contribution in [0.3, 0.4) is 0 Å². The molecule has 0 aliphatic heterocycles. The maximum atomic E-state index is 13.0. The third kappa shape index (κ3) is 4.73. The van der Waals surface area contributed by atoms with Crippen LogP contribution in [0.2, 0.25) is 0 Å². The summed E-state index contributed by atoms with van der Waals surface area (Å²) in [5.74, 6) is -0.176. The first kappa shape index (κ1) is 14.0. The lowest BCUT2D eigenvalue weighted by atomic mass is 10.2. The zero-order valence-electron chi connectivity index (χ0n) is 9.96. The molecule has 0 saturated carbocycles. The summed E-state index contributed by atoms with van der Waals surface area (Å²) >= 11 is 3.33. The number of nitrogens with one attached hydrogen (secondary N) is 1. The molecule has 5 heteroatoms. The molecule has 0 unspecified atom stereocenters. The number of nitrogens with zero attached hydrogens (tertiary/aromatic N) is 1. The van der Waals surface area contributed by atoms with Gasteiger partial charge in [0.15, 0.2) is 0 Å². The van der Waals surface area contributed by atoms with Gasteiger partial charge in [-0.05, 0) is 40.5 Å². The van der Waals surface area contributed by atoms with Crippen LogP contribution in [-0.4, -0.2) is 31.4 Å². The molecule has 0 saturated heterocycles. The van der Waals surface area contributed by atoms with Gasteiger partial charge in [-0.2, -0.15) is 0 Å². The fourth-order valence-corrected chi connectivity index (χ4v) is 1.71. The Morgan fingerprint density at radius 2 is 2.18 bits per heavy atom. The van der Waals surface area contributed by atoms with Crippen LogP contribution < -0.4 is 5.32 Å². The molecular formula is C12H16BrFN2O. The largest absolute Gasteiger partial charge is 0.384 e. The summed E-state index contributed by atoms with van der Waals surface area (Å²) in [7, 11) is 3.47. The lowest BCUT2D eigenvalue weighted by Gasteiger charge is -2.11. The van der Waals surface area contributed by atoms with Gasteiger partial charge in [0, 0.05) is 31.5 Å². The van der Waals surface area contributed by atoms with E-state index in [0.29, 0.717) is 18.7 Å². The molecule has 0 fully saturated rings. The molecule has 1 aromatic carbocycles. The van der Waals surface area contributed by atoms with E-state index in [1.54, 1.807) is 25.1 Å². The number of hydrogen-bond acceptors (Lipinski definition) is 2. The Balaban J connectivity index is 2.36. The molecule has 0 radical (unpaired) electrons. The molecule has 0 aliphatic rings. The first-order valence-corrected chi connectivity index (χ1v) is 6.19. The van der Waals surface area contributed by atoms with E-state index >= 15 is 0 Å². The lowest BCUT2D eigenvalue weighted by molar-refractivity contribution is -0.128. The van der Waals surface area contributed by atoms with Crippen LogP contribution in [0.1, 0.15) is 12.8 Å². The topological polar surface area (TPSA) is 32.3 Å². The number of hydrogen-bond donors (Lipinski definition) is 1. The van der Waals surface area contributed by atoms with Crippen molar-refractivity contribution in [3.63, 3.8) is 0 Å². The first-order chi connectivity index (χ1) is 8.00. The maximum absolute atomic E-state index is 13.0. The van der Waals surface area contributed by atoms with Crippen molar-refractivity contribution in [3.8, 4) is 0 Å². The van der Waals surface area contributed by atoms with Crippen LogP contribution in [0.15, 0.2) is 22.7 Å². The second kappa shape index (κ2) is 6.59. The van der Waals surface area contributed by atoms with Crippen LogP contribution in [0.5, 0.6) is 0 Å². The predicted molar refractivity (Wildman–Crippen MR) is 70.5 cm³/mol. The second-order valence-electron chi connectivity index (χ2n) is 3.94. The molecular weight excluding hydrogens is 287 g/mol. The Labute approximate surface area is 109 Å². The number of anilines is 1. The fraction of sp³-hybridized carbons (Fsp3) is 0.417. The van der Waals surface area contributed by atoms with E-state index in [1.807, 2.05) is 0 Å². The molecule has 94 valence electrons. The van der Waals surface area contributed by atoms with Crippen molar-refractivity contribution in [2.45, 2.75) is 12.8 Å². The second-order valence-corrected chi connectivity index (χ2v) is 4.80. The fourth-order valence-electron chi connectivity index (χ4n) is 1.32. The average Bonchev–Trinajstić information content (AvgIpc) is 2.28. The number of carbonyl (C=O) groups excluding carboxylic acids is 1. The van der Waals surface area contributed by atoms with Gasteiger partial charge in [0.05, 0.1) is 5.69 Å². The van der Waals surface area contributed by atoms with Gasteiger partial charge < -0.3 is 10.2 Å². The number of carbonyl (C=O) groups is 1. The molecule has 0 atom stereocenters. The molecule has 0 heterocycles. The molecule has 0 aliphatic carbocycles. The highest BCUT2D eigenvalue weighted by molar-refractivity contribution is 9.10. The zero-order chi connectivity index (χ0) is 12.8. The van der Waals surface area contributed by atoms with Crippen molar-refractivity contribution in [2.75, 3.05) is 26.0 Å². The van der Waals surface area contributed by atoms with Gasteiger partial charge in [0.25, 0.3) is 0 Å². The summed E-state index contributed by atoms with van der Waals surface area (Å²) in [5.41, 5.74) is 0.710. The van der Waals surface area contributed by atoms with E-state index in [9.17, 15) is 9.18 Å². The molecule has 0 bridgehead atoms. The number of halogens is 2. The first-order valence-electron chi connectivity index (χ1n) is 5.40. The van der Waals surface area contributed by atoms with E-state index < -0.39 is 0 Å². The van der Waals surface area contributed by atoms with Crippen LogP contribution in [0.4, 0.5) is 10.1 Å². The summed E-state index contributed by atoms with van der Waals surface area (Å²) in [6.45, 7) is 0.641. The summed E-state index contributed by atoms with van der Waals surface area (Å²) in [6, 6.07) is 4.48. The van der Waals surface area contributed by atoms with E-state index in [2.05, 4.69) is 21.2 Å². The molecule has 1 N–H and O–H groups in total. The van der Waals surface area contributed by atoms with Crippen molar-refractivity contribution in [2.24, 2.45) is 0 Å². The van der Waals surface area contributed by atoms with E-state index in [4.69, 9.17) is 0 Å². The Bertz CT molecular complexity index is 396. The van der Waals surface area contributed by atoms with Crippen molar-refractivity contribution in [1.29, 1.82) is 0 Å². The van der Waals surface area contributed by atoms with Crippen LogP contribution in [-0.2, 0) is 4.79 Å². The Kier molecular flexibility index (Phi) is 5.41. The Morgan fingerprint density at radius 1 is 1.47 bits per heavy atom. The van der Waals surface area contributed by atoms with E-state index in [1.165, 1.54) is 12.1 Å². The Morgan fingerprint density at radius 3 is 2.82 bits per heavy atom. The minimum atomic E-state index is -0.278. The SMILES string of the molecule is CN(C)C(=O)CCCNc1cc(F)ccc1Br. The molecule has 1 amide bonds. The van der Waals surface area contributed by atoms with Crippen LogP contribution >= 0.6 is 15.9 Å².